The number of carbonyl (C=O) groups excluding carboxylic acids is 1. The summed E-state index contributed by atoms with van der Waals surface area (Å²) < 4.78 is 24.0. The van der Waals surface area contributed by atoms with Crippen LogP contribution >= 0.6 is 11.6 Å². The van der Waals surface area contributed by atoms with Crippen molar-refractivity contribution in [2.75, 3.05) is 13.2 Å². The van der Waals surface area contributed by atoms with E-state index in [1.165, 1.54) is 24.3 Å². The summed E-state index contributed by atoms with van der Waals surface area (Å²) in [6.07, 6.45) is -0.148. The average Bonchev–Trinajstić information content (AvgIpc) is 2.59. The standard InChI is InChI=1S/C18H19ClFNO3/c1-2-16(24-14-9-7-13(20)8-10-14)18(22)21-11-12-23-17-6-4-3-5-15(17)19/h3-10,16H,2,11-12H2,1H3,(H,21,22)/t16-/m0/s1. The predicted octanol–water partition coefficient (Wildman–Crippen LogP) is 3.83. The Bertz CT molecular complexity index is 664. The van der Waals surface area contributed by atoms with Gasteiger partial charge < -0.3 is 14.8 Å². The van der Waals surface area contributed by atoms with Crippen LogP contribution in [0.5, 0.6) is 11.5 Å². The summed E-state index contributed by atoms with van der Waals surface area (Å²) >= 11 is 5.98. The number of carbonyl (C=O) groups is 1. The van der Waals surface area contributed by atoms with E-state index in [0.29, 0.717) is 36.1 Å². The zero-order valence-electron chi connectivity index (χ0n) is 13.3. The molecule has 1 atom stereocenters. The first-order chi connectivity index (χ1) is 11.6. The summed E-state index contributed by atoms with van der Waals surface area (Å²) in [6, 6.07) is 12.7. The molecule has 4 nitrogen and oxygen atoms in total. The first-order valence-corrected chi connectivity index (χ1v) is 8.05. The highest BCUT2D eigenvalue weighted by Crippen LogP contribution is 2.22. The van der Waals surface area contributed by atoms with E-state index in [4.69, 9.17) is 21.1 Å². The molecular weight excluding hydrogens is 333 g/mol. The summed E-state index contributed by atoms with van der Waals surface area (Å²) in [6.45, 7) is 2.46. The van der Waals surface area contributed by atoms with Crippen molar-refractivity contribution >= 4 is 17.5 Å². The van der Waals surface area contributed by atoms with Crippen LogP contribution in [0.2, 0.25) is 5.02 Å². The second-order valence-electron chi connectivity index (χ2n) is 5.04. The number of hydrogen-bond donors (Lipinski definition) is 1. The van der Waals surface area contributed by atoms with Gasteiger partial charge in [0.2, 0.25) is 0 Å². The maximum absolute atomic E-state index is 12.9. The van der Waals surface area contributed by atoms with E-state index in [-0.39, 0.29) is 11.7 Å². The number of ether oxygens (including phenoxy) is 2. The Hall–Kier alpha value is -2.27. The number of amides is 1. The molecular formula is C18H19ClFNO3. The zero-order valence-corrected chi connectivity index (χ0v) is 14.1. The average molecular weight is 352 g/mol. The quantitative estimate of drug-likeness (QED) is 0.735. The van der Waals surface area contributed by atoms with Gasteiger partial charge in [-0.3, -0.25) is 4.79 Å². The molecule has 0 unspecified atom stereocenters. The van der Waals surface area contributed by atoms with Gasteiger partial charge in [-0.05, 0) is 42.8 Å². The molecule has 6 heteroatoms. The summed E-state index contributed by atoms with van der Waals surface area (Å²) in [5.41, 5.74) is 0. The molecule has 0 saturated heterocycles. The Kier molecular flexibility index (Phi) is 6.88. The molecule has 2 rings (SSSR count). The van der Waals surface area contributed by atoms with Gasteiger partial charge in [0.1, 0.15) is 23.9 Å². The molecule has 1 amide bonds. The van der Waals surface area contributed by atoms with Gasteiger partial charge in [-0.1, -0.05) is 30.7 Å². The van der Waals surface area contributed by atoms with E-state index in [2.05, 4.69) is 5.32 Å². The highest BCUT2D eigenvalue weighted by atomic mass is 35.5. The lowest BCUT2D eigenvalue weighted by molar-refractivity contribution is -0.128. The van der Waals surface area contributed by atoms with Crippen molar-refractivity contribution in [1.82, 2.24) is 5.32 Å². The van der Waals surface area contributed by atoms with Crippen molar-refractivity contribution in [1.29, 1.82) is 0 Å². The molecule has 128 valence electrons. The largest absolute Gasteiger partial charge is 0.490 e. The monoisotopic (exact) mass is 351 g/mol. The van der Waals surface area contributed by atoms with Crippen molar-refractivity contribution < 1.29 is 18.7 Å². The third-order valence-electron chi connectivity index (χ3n) is 3.25. The first-order valence-electron chi connectivity index (χ1n) is 7.67. The van der Waals surface area contributed by atoms with E-state index < -0.39 is 6.10 Å². The fraction of sp³-hybridized carbons (Fsp3) is 0.278. The van der Waals surface area contributed by atoms with Gasteiger partial charge in [0.05, 0.1) is 11.6 Å². The zero-order chi connectivity index (χ0) is 17.4. The Morgan fingerprint density at radius 2 is 1.92 bits per heavy atom. The molecule has 0 aliphatic carbocycles. The highest BCUT2D eigenvalue weighted by molar-refractivity contribution is 6.32. The molecule has 0 aliphatic heterocycles. The minimum Gasteiger partial charge on any atom is -0.490 e. The molecule has 0 bridgehead atoms. The summed E-state index contributed by atoms with van der Waals surface area (Å²) in [5, 5.41) is 3.27. The normalized spacial score (nSPS) is 11.6. The summed E-state index contributed by atoms with van der Waals surface area (Å²) in [7, 11) is 0. The van der Waals surface area contributed by atoms with Crippen LogP contribution in [0, 0.1) is 5.82 Å². The number of hydrogen-bond acceptors (Lipinski definition) is 3. The molecule has 24 heavy (non-hydrogen) atoms. The minimum atomic E-state index is -0.643. The van der Waals surface area contributed by atoms with Crippen LogP contribution in [0.15, 0.2) is 48.5 Å². The maximum atomic E-state index is 12.9. The molecule has 0 spiro atoms. The lowest BCUT2D eigenvalue weighted by Crippen LogP contribution is -2.39. The van der Waals surface area contributed by atoms with Crippen molar-refractivity contribution in [2.45, 2.75) is 19.4 Å². The number of halogens is 2. The van der Waals surface area contributed by atoms with Crippen LogP contribution in [0.25, 0.3) is 0 Å². The van der Waals surface area contributed by atoms with Gasteiger partial charge in [-0.15, -0.1) is 0 Å². The smallest absolute Gasteiger partial charge is 0.261 e. The van der Waals surface area contributed by atoms with Crippen LogP contribution in [-0.2, 0) is 4.79 Å². The van der Waals surface area contributed by atoms with Crippen molar-refractivity contribution in [3.63, 3.8) is 0 Å². The van der Waals surface area contributed by atoms with Gasteiger partial charge >= 0.3 is 0 Å². The molecule has 1 N–H and O–H groups in total. The lowest BCUT2D eigenvalue weighted by Gasteiger charge is -2.17. The number of rotatable bonds is 8. The molecule has 0 radical (unpaired) electrons. The number of nitrogens with one attached hydrogen (secondary N) is 1. The van der Waals surface area contributed by atoms with E-state index in [0.717, 1.165) is 0 Å². The van der Waals surface area contributed by atoms with Gasteiger partial charge in [0.15, 0.2) is 6.10 Å². The van der Waals surface area contributed by atoms with Gasteiger partial charge in [-0.2, -0.15) is 0 Å². The highest BCUT2D eigenvalue weighted by Gasteiger charge is 2.17. The van der Waals surface area contributed by atoms with E-state index in [1.54, 1.807) is 12.1 Å². The van der Waals surface area contributed by atoms with Crippen molar-refractivity contribution in [3.8, 4) is 11.5 Å². The summed E-state index contributed by atoms with van der Waals surface area (Å²) in [4.78, 5) is 12.1. The Morgan fingerprint density at radius 1 is 1.21 bits per heavy atom. The molecule has 0 aliphatic rings. The first kappa shape index (κ1) is 18.1. The Labute approximate surface area is 145 Å². The number of benzene rings is 2. The fourth-order valence-electron chi connectivity index (χ4n) is 2.01. The van der Waals surface area contributed by atoms with Crippen molar-refractivity contribution in [3.05, 3.63) is 59.4 Å². The summed E-state index contributed by atoms with van der Waals surface area (Å²) in [5.74, 6) is 0.426. The van der Waals surface area contributed by atoms with Gasteiger partial charge in [0.25, 0.3) is 5.91 Å². The number of para-hydroxylation sites is 1. The molecule has 2 aromatic carbocycles. The van der Waals surface area contributed by atoms with E-state index in [1.807, 2.05) is 19.1 Å². The Balaban J connectivity index is 1.77. The van der Waals surface area contributed by atoms with Crippen LogP contribution in [0.3, 0.4) is 0 Å². The van der Waals surface area contributed by atoms with Crippen LogP contribution < -0.4 is 14.8 Å². The molecule has 2 aromatic rings. The fourth-order valence-corrected chi connectivity index (χ4v) is 2.20. The molecule has 0 heterocycles. The van der Waals surface area contributed by atoms with E-state index >= 15 is 0 Å². The predicted molar refractivity (Wildman–Crippen MR) is 91.1 cm³/mol. The second-order valence-corrected chi connectivity index (χ2v) is 5.45. The lowest BCUT2D eigenvalue weighted by atomic mass is 10.2. The van der Waals surface area contributed by atoms with E-state index in [9.17, 15) is 9.18 Å². The van der Waals surface area contributed by atoms with Crippen LogP contribution in [0.1, 0.15) is 13.3 Å². The molecule has 0 saturated carbocycles. The topological polar surface area (TPSA) is 47.6 Å². The van der Waals surface area contributed by atoms with Crippen LogP contribution in [-0.4, -0.2) is 25.2 Å². The van der Waals surface area contributed by atoms with Gasteiger partial charge in [0, 0.05) is 0 Å². The third-order valence-corrected chi connectivity index (χ3v) is 3.56. The van der Waals surface area contributed by atoms with Crippen molar-refractivity contribution in [2.24, 2.45) is 0 Å². The van der Waals surface area contributed by atoms with Crippen LogP contribution in [0.4, 0.5) is 4.39 Å². The minimum absolute atomic E-state index is 0.246. The SMILES string of the molecule is CC[C@H](Oc1ccc(F)cc1)C(=O)NCCOc1ccccc1Cl. The maximum Gasteiger partial charge on any atom is 0.261 e. The third kappa shape index (κ3) is 5.42. The second kappa shape index (κ2) is 9.13. The molecule has 0 fully saturated rings. The Morgan fingerprint density at radius 3 is 2.58 bits per heavy atom. The van der Waals surface area contributed by atoms with Gasteiger partial charge in [-0.25, -0.2) is 4.39 Å². The molecule has 0 aromatic heterocycles.